The summed E-state index contributed by atoms with van der Waals surface area (Å²) >= 11 is 12.0. The minimum atomic E-state index is -1.27. The average Bonchev–Trinajstić information content (AvgIpc) is 2.50. The van der Waals surface area contributed by atoms with Gasteiger partial charge in [-0.2, -0.15) is 0 Å². The van der Waals surface area contributed by atoms with E-state index in [4.69, 9.17) is 37.4 Å². The molecule has 5 nitrogen and oxygen atoms in total. The van der Waals surface area contributed by atoms with E-state index in [0.717, 1.165) is 5.56 Å². The maximum absolute atomic E-state index is 11.3. The van der Waals surface area contributed by atoms with Crippen LogP contribution in [0.4, 0.5) is 0 Å². The molecular weight excluding hydrogens is 331 g/mol. The van der Waals surface area contributed by atoms with Gasteiger partial charge >= 0.3 is 5.97 Å². The molecule has 7 heteroatoms. The monoisotopic (exact) mass is 348 g/mol. The van der Waals surface area contributed by atoms with Gasteiger partial charge in [-0.3, -0.25) is 4.79 Å². The van der Waals surface area contributed by atoms with Crippen LogP contribution < -0.4 is 0 Å². The molecule has 122 valence electrons. The van der Waals surface area contributed by atoms with E-state index in [9.17, 15) is 9.90 Å². The average molecular weight is 349 g/mol. The Morgan fingerprint density at radius 1 is 1.32 bits per heavy atom. The van der Waals surface area contributed by atoms with E-state index in [0.29, 0.717) is 0 Å². The lowest BCUT2D eigenvalue weighted by molar-refractivity contribution is -0.260. The summed E-state index contributed by atoms with van der Waals surface area (Å²) in [5.41, 5.74) is 0.918. The van der Waals surface area contributed by atoms with Crippen LogP contribution in [0.3, 0.4) is 0 Å². The third kappa shape index (κ3) is 4.33. The molecule has 0 bridgehead atoms. The van der Waals surface area contributed by atoms with Crippen LogP contribution in [-0.4, -0.2) is 46.9 Å². The highest BCUT2D eigenvalue weighted by molar-refractivity contribution is 6.23. The number of carbonyl (C=O) groups is 1. The molecule has 0 aromatic heterocycles. The summed E-state index contributed by atoms with van der Waals surface area (Å²) < 4.78 is 16.2. The fourth-order valence-electron chi connectivity index (χ4n) is 2.28. The predicted molar refractivity (Wildman–Crippen MR) is 81.8 cm³/mol. The van der Waals surface area contributed by atoms with E-state index in [1.165, 1.54) is 6.92 Å². The molecule has 1 aliphatic rings. The summed E-state index contributed by atoms with van der Waals surface area (Å²) in [6, 6.07) is 9.42. The molecule has 5 atom stereocenters. The van der Waals surface area contributed by atoms with Crippen molar-refractivity contribution in [2.45, 2.75) is 43.5 Å². The molecule has 1 aromatic rings. The highest BCUT2D eigenvalue weighted by Crippen LogP contribution is 2.29. The molecular formula is C15H18Cl2O5. The van der Waals surface area contributed by atoms with Crippen molar-refractivity contribution in [1.82, 2.24) is 0 Å². The summed E-state index contributed by atoms with van der Waals surface area (Å²) in [5.74, 6) is -0.430. The van der Waals surface area contributed by atoms with E-state index in [-0.39, 0.29) is 12.5 Å². The van der Waals surface area contributed by atoms with Crippen molar-refractivity contribution in [1.29, 1.82) is 0 Å². The maximum atomic E-state index is 11.3. The van der Waals surface area contributed by atoms with Crippen LogP contribution in [0.15, 0.2) is 30.3 Å². The normalized spacial score (nSPS) is 31.7. The van der Waals surface area contributed by atoms with Gasteiger partial charge < -0.3 is 19.3 Å². The van der Waals surface area contributed by atoms with Gasteiger partial charge in [-0.15, -0.1) is 23.2 Å². The Bertz CT molecular complexity index is 484. The van der Waals surface area contributed by atoms with E-state index in [1.807, 2.05) is 30.3 Å². The van der Waals surface area contributed by atoms with E-state index < -0.39 is 35.9 Å². The van der Waals surface area contributed by atoms with Gasteiger partial charge in [-0.1, -0.05) is 30.3 Å². The number of carbonyl (C=O) groups excluding carboxylic acids is 1. The Morgan fingerprint density at radius 3 is 2.59 bits per heavy atom. The molecule has 0 spiro atoms. The van der Waals surface area contributed by atoms with Crippen molar-refractivity contribution < 1.29 is 24.1 Å². The fourth-order valence-corrected chi connectivity index (χ4v) is 2.97. The Hall–Kier alpha value is -0.850. The number of esters is 1. The van der Waals surface area contributed by atoms with E-state index >= 15 is 0 Å². The van der Waals surface area contributed by atoms with Gasteiger partial charge in [0.25, 0.3) is 0 Å². The lowest BCUT2D eigenvalue weighted by Crippen LogP contribution is -2.58. The number of ether oxygens (including phenoxy) is 3. The van der Waals surface area contributed by atoms with Crippen LogP contribution in [0.2, 0.25) is 0 Å². The molecule has 0 aliphatic carbocycles. The first-order valence-electron chi connectivity index (χ1n) is 6.89. The van der Waals surface area contributed by atoms with Gasteiger partial charge in [0.1, 0.15) is 11.5 Å². The zero-order valence-corrected chi connectivity index (χ0v) is 13.5. The molecule has 1 saturated heterocycles. The number of rotatable bonds is 5. The minimum absolute atomic E-state index is 0.0778. The molecule has 0 amide bonds. The number of hydrogen-bond acceptors (Lipinski definition) is 5. The van der Waals surface area contributed by atoms with Crippen molar-refractivity contribution >= 4 is 29.2 Å². The maximum Gasteiger partial charge on any atom is 0.303 e. The van der Waals surface area contributed by atoms with Crippen molar-refractivity contribution in [3.8, 4) is 0 Å². The lowest BCUT2D eigenvalue weighted by Gasteiger charge is -2.41. The standard InChI is InChI=1S/C15H18Cl2O5/c1-9(18)21-13-12(17)11(7-16)22-15(19)14(13)20-8-10-5-3-2-4-6-10/h2-6,11-15,19H,7-8H2,1H3/t11-,12-,13+,14-,15+/m1/s1. The van der Waals surface area contributed by atoms with Crippen molar-refractivity contribution in [2.24, 2.45) is 0 Å². The second-order valence-corrected chi connectivity index (χ2v) is 5.81. The van der Waals surface area contributed by atoms with Crippen molar-refractivity contribution in [2.75, 3.05) is 5.88 Å². The van der Waals surface area contributed by atoms with Crippen LogP contribution in [0.5, 0.6) is 0 Å². The number of hydrogen-bond donors (Lipinski definition) is 1. The SMILES string of the molecule is CC(=O)O[C@H]1[C@H](Cl)[C@@H](CCl)O[C@H](O)[C@@H]1OCc1ccccc1. The molecule has 0 saturated carbocycles. The van der Waals surface area contributed by atoms with Crippen molar-refractivity contribution in [3.63, 3.8) is 0 Å². The summed E-state index contributed by atoms with van der Waals surface area (Å²) in [5, 5.41) is 9.39. The Labute approximate surface area is 139 Å². The summed E-state index contributed by atoms with van der Waals surface area (Å²) in [7, 11) is 0. The fraction of sp³-hybridized carbons (Fsp3) is 0.533. The van der Waals surface area contributed by atoms with Gasteiger partial charge in [-0.25, -0.2) is 0 Å². The topological polar surface area (TPSA) is 65.0 Å². The Kier molecular flexibility index (Phi) is 6.47. The zero-order chi connectivity index (χ0) is 16.1. The largest absolute Gasteiger partial charge is 0.458 e. The number of benzene rings is 1. The predicted octanol–water partition coefficient (Wildman–Crippen LogP) is 2.07. The molecule has 22 heavy (non-hydrogen) atoms. The quantitative estimate of drug-likeness (QED) is 0.651. The highest BCUT2D eigenvalue weighted by Gasteiger charge is 2.47. The molecule has 0 radical (unpaired) electrons. The minimum Gasteiger partial charge on any atom is -0.458 e. The molecule has 1 fully saturated rings. The van der Waals surface area contributed by atoms with Crippen LogP contribution in [-0.2, 0) is 25.6 Å². The highest BCUT2D eigenvalue weighted by atomic mass is 35.5. The second kappa shape index (κ2) is 8.13. The Balaban J connectivity index is 2.09. The third-order valence-corrected chi connectivity index (χ3v) is 4.16. The van der Waals surface area contributed by atoms with Crippen LogP contribution in [0, 0.1) is 0 Å². The molecule has 0 unspecified atom stereocenters. The first-order chi connectivity index (χ1) is 10.5. The molecule has 1 heterocycles. The summed E-state index contributed by atoms with van der Waals surface area (Å²) in [4.78, 5) is 11.3. The first kappa shape index (κ1) is 17.5. The van der Waals surface area contributed by atoms with Crippen LogP contribution >= 0.6 is 23.2 Å². The lowest BCUT2D eigenvalue weighted by atomic mass is 10.0. The number of aliphatic hydroxyl groups excluding tert-OH is 1. The summed E-state index contributed by atoms with van der Waals surface area (Å²) in [6.07, 6.45) is -3.62. The zero-order valence-electron chi connectivity index (χ0n) is 12.0. The van der Waals surface area contributed by atoms with Gasteiger partial charge in [0.15, 0.2) is 12.4 Å². The number of halogens is 2. The summed E-state index contributed by atoms with van der Waals surface area (Å²) in [6.45, 7) is 1.51. The van der Waals surface area contributed by atoms with Crippen molar-refractivity contribution in [3.05, 3.63) is 35.9 Å². The molecule has 1 N–H and O–H groups in total. The van der Waals surface area contributed by atoms with Gasteiger partial charge in [0.05, 0.1) is 18.6 Å². The third-order valence-electron chi connectivity index (χ3n) is 3.33. The second-order valence-electron chi connectivity index (χ2n) is 5.00. The number of aliphatic hydroxyl groups is 1. The van der Waals surface area contributed by atoms with Crippen LogP contribution in [0.1, 0.15) is 12.5 Å². The van der Waals surface area contributed by atoms with E-state index in [2.05, 4.69) is 0 Å². The number of alkyl halides is 2. The smallest absolute Gasteiger partial charge is 0.303 e. The van der Waals surface area contributed by atoms with Gasteiger partial charge in [-0.05, 0) is 5.56 Å². The molecule has 2 rings (SSSR count). The first-order valence-corrected chi connectivity index (χ1v) is 7.86. The van der Waals surface area contributed by atoms with Gasteiger partial charge in [0, 0.05) is 6.92 Å². The molecule has 1 aromatic carbocycles. The van der Waals surface area contributed by atoms with Gasteiger partial charge in [0.2, 0.25) is 0 Å². The van der Waals surface area contributed by atoms with E-state index in [1.54, 1.807) is 0 Å². The molecule has 1 aliphatic heterocycles. The van der Waals surface area contributed by atoms with Crippen LogP contribution in [0.25, 0.3) is 0 Å². The Morgan fingerprint density at radius 2 is 2.00 bits per heavy atom.